The molecule has 1 aliphatic heterocycles. The molecule has 0 spiro atoms. The number of rotatable bonds is 2. The van der Waals surface area contributed by atoms with Crippen molar-refractivity contribution in [1.29, 1.82) is 0 Å². The average molecular weight is 285 g/mol. The minimum atomic E-state index is -0.477. The van der Waals surface area contributed by atoms with Gasteiger partial charge in [0.15, 0.2) is 11.0 Å². The summed E-state index contributed by atoms with van der Waals surface area (Å²) in [7, 11) is 0. The van der Waals surface area contributed by atoms with E-state index in [4.69, 9.17) is 16.3 Å². The summed E-state index contributed by atoms with van der Waals surface area (Å²) >= 11 is 5.67. The van der Waals surface area contributed by atoms with Crippen molar-refractivity contribution in [2.45, 2.75) is 32.4 Å². The summed E-state index contributed by atoms with van der Waals surface area (Å²) in [5.74, 6) is 0.756. The summed E-state index contributed by atoms with van der Waals surface area (Å²) in [6.07, 6.45) is -0.389. The van der Waals surface area contributed by atoms with E-state index in [-0.39, 0.29) is 12.1 Å². The Balaban J connectivity index is 1.77. The van der Waals surface area contributed by atoms with Gasteiger partial charge in [-0.15, -0.1) is 10.2 Å². The molecule has 1 amide bonds. The van der Waals surface area contributed by atoms with E-state index in [1.807, 2.05) is 25.7 Å². The fraction of sp³-hybridized carbons (Fsp3) is 0.583. The second-order valence-corrected chi connectivity index (χ2v) is 5.85. The Morgan fingerprint density at radius 1 is 1.42 bits per heavy atom. The third-order valence-electron chi connectivity index (χ3n) is 2.54. The standard InChI is InChI=1S/C12H17ClN4O2/c1-12(2,3)19-11(18)14-8-6-17(7-8)10-5-4-9(13)15-16-10/h4-5,8H,6-7H2,1-3H3,(H,14,18). The van der Waals surface area contributed by atoms with Gasteiger partial charge in [-0.25, -0.2) is 4.79 Å². The second-order valence-electron chi connectivity index (χ2n) is 5.46. The van der Waals surface area contributed by atoms with Gasteiger partial charge in [-0.2, -0.15) is 0 Å². The Bertz CT molecular complexity index is 452. The van der Waals surface area contributed by atoms with Gasteiger partial charge in [0.05, 0.1) is 6.04 Å². The maximum absolute atomic E-state index is 11.6. The molecule has 0 aromatic carbocycles. The topological polar surface area (TPSA) is 67.3 Å². The zero-order valence-electron chi connectivity index (χ0n) is 11.2. The highest BCUT2D eigenvalue weighted by Gasteiger charge is 2.30. The van der Waals surface area contributed by atoms with Gasteiger partial charge in [-0.05, 0) is 32.9 Å². The number of halogens is 1. The van der Waals surface area contributed by atoms with Crippen molar-refractivity contribution in [3.05, 3.63) is 17.3 Å². The van der Waals surface area contributed by atoms with Crippen molar-refractivity contribution in [2.75, 3.05) is 18.0 Å². The van der Waals surface area contributed by atoms with Crippen LogP contribution in [0.2, 0.25) is 5.15 Å². The summed E-state index contributed by atoms with van der Waals surface area (Å²) in [4.78, 5) is 13.6. The Kier molecular flexibility index (Phi) is 3.80. The van der Waals surface area contributed by atoms with Crippen molar-refractivity contribution >= 4 is 23.5 Å². The van der Waals surface area contributed by atoms with Crippen LogP contribution in [0.15, 0.2) is 12.1 Å². The highest BCUT2D eigenvalue weighted by Crippen LogP contribution is 2.18. The fourth-order valence-corrected chi connectivity index (χ4v) is 1.81. The van der Waals surface area contributed by atoms with Gasteiger partial charge in [0, 0.05) is 13.1 Å². The number of carbonyl (C=O) groups is 1. The van der Waals surface area contributed by atoms with E-state index in [1.54, 1.807) is 12.1 Å². The molecule has 0 aliphatic carbocycles. The van der Waals surface area contributed by atoms with Crippen molar-refractivity contribution in [2.24, 2.45) is 0 Å². The Morgan fingerprint density at radius 3 is 2.63 bits per heavy atom. The van der Waals surface area contributed by atoms with E-state index in [9.17, 15) is 4.79 Å². The van der Waals surface area contributed by atoms with Crippen LogP contribution in [0.1, 0.15) is 20.8 Å². The fourth-order valence-electron chi connectivity index (χ4n) is 1.71. The highest BCUT2D eigenvalue weighted by molar-refractivity contribution is 6.29. The first-order valence-electron chi connectivity index (χ1n) is 6.07. The molecule has 7 heteroatoms. The number of alkyl carbamates (subject to hydrolysis) is 1. The Labute approximate surface area is 117 Å². The first-order valence-corrected chi connectivity index (χ1v) is 6.45. The lowest BCUT2D eigenvalue weighted by molar-refractivity contribution is 0.0496. The lowest BCUT2D eigenvalue weighted by atomic mass is 10.1. The van der Waals surface area contributed by atoms with Crippen LogP contribution in [0.25, 0.3) is 0 Å². The molecule has 0 bridgehead atoms. The molecule has 19 heavy (non-hydrogen) atoms. The molecule has 1 N–H and O–H groups in total. The van der Waals surface area contributed by atoms with Gasteiger partial charge >= 0.3 is 6.09 Å². The molecular formula is C12H17ClN4O2. The zero-order valence-corrected chi connectivity index (χ0v) is 11.9. The first kappa shape index (κ1) is 13.9. The van der Waals surface area contributed by atoms with Gasteiger partial charge in [-0.1, -0.05) is 11.6 Å². The zero-order chi connectivity index (χ0) is 14.0. The molecule has 1 aliphatic rings. The number of hydrogen-bond donors (Lipinski definition) is 1. The molecule has 2 rings (SSSR count). The van der Waals surface area contributed by atoms with E-state index in [0.29, 0.717) is 18.2 Å². The van der Waals surface area contributed by atoms with Gasteiger partial charge in [-0.3, -0.25) is 0 Å². The normalized spacial score (nSPS) is 15.9. The van der Waals surface area contributed by atoms with Crippen LogP contribution in [-0.4, -0.2) is 41.0 Å². The monoisotopic (exact) mass is 284 g/mol. The SMILES string of the molecule is CC(C)(C)OC(=O)NC1CN(c2ccc(Cl)nn2)C1. The van der Waals surface area contributed by atoms with Crippen molar-refractivity contribution in [1.82, 2.24) is 15.5 Å². The van der Waals surface area contributed by atoms with Crippen LogP contribution < -0.4 is 10.2 Å². The summed E-state index contributed by atoms with van der Waals surface area (Å²) in [5, 5.41) is 10.9. The number of carbonyl (C=O) groups excluding carboxylic acids is 1. The molecule has 0 unspecified atom stereocenters. The third-order valence-corrected chi connectivity index (χ3v) is 2.75. The number of amides is 1. The van der Waals surface area contributed by atoms with Crippen LogP contribution in [0.3, 0.4) is 0 Å². The minimum Gasteiger partial charge on any atom is -0.444 e. The Morgan fingerprint density at radius 2 is 2.11 bits per heavy atom. The van der Waals surface area contributed by atoms with E-state index < -0.39 is 5.60 Å². The van der Waals surface area contributed by atoms with Crippen LogP contribution in [0.4, 0.5) is 10.6 Å². The summed E-state index contributed by atoms with van der Waals surface area (Å²) < 4.78 is 5.19. The van der Waals surface area contributed by atoms with E-state index in [1.165, 1.54) is 0 Å². The molecule has 6 nitrogen and oxygen atoms in total. The van der Waals surface area contributed by atoms with Gasteiger partial charge in [0.25, 0.3) is 0 Å². The number of ether oxygens (including phenoxy) is 1. The Hall–Kier alpha value is -1.56. The van der Waals surface area contributed by atoms with Crippen molar-refractivity contribution < 1.29 is 9.53 Å². The van der Waals surface area contributed by atoms with E-state index in [2.05, 4.69) is 15.5 Å². The number of hydrogen-bond acceptors (Lipinski definition) is 5. The predicted octanol–water partition coefficient (Wildman–Crippen LogP) is 1.84. The third kappa shape index (κ3) is 3.96. The van der Waals surface area contributed by atoms with Crippen molar-refractivity contribution in [3.63, 3.8) is 0 Å². The largest absolute Gasteiger partial charge is 0.444 e. The maximum Gasteiger partial charge on any atom is 0.407 e. The molecule has 1 aromatic rings. The summed E-state index contributed by atoms with van der Waals surface area (Å²) in [5.41, 5.74) is -0.477. The summed E-state index contributed by atoms with van der Waals surface area (Å²) in [6.45, 7) is 6.89. The van der Waals surface area contributed by atoms with Crippen molar-refractivity contribution in [3.8, 4) is 0 Å². The maximum atomic E-state index is 11.6. The number of anilines is 1. The molecule has 2 heterocycles. The molecule has 1 aromatic heterocycles. The molecule has 104 valence electrons. The van der Waals surface area contributed by atoms with E-state index >= 15 is 0 Å². The quantitative estimate of drug-likeness (QED) is 0.897. The minimum absolute atomic E-state index is 0.0762. The number of nitrogens with one attached hydrogen (secondary N) is 1. The number of nitrogens with zero attached hydrogens (tertiary/aromatic N) is 3. The molecular weight excluding hydrogens is 268 g/mol. The molecule has 0 saturated carbocycles. The lowest BCUT2D eigenvalue weighted by Crippen LogP contribution is -2.60. The van der Waals surface area contributed by atoms with Crippen LogP contribution in [0.5, 0.6) is 0 Å². The van der Waals surface area contributed by atoms with Crippen LogP contribution in [-0.2, 0) is 4.74 Å². The average Bonchev–Trinajstić information content (AvgIpc) is 2.22. The molecule has 1 saturated heterocycles. The van der Waals surface area contributed by atoms with Gasteiger partial charge < -0.3 is 15.0 Å². The smallest absolute Gasteiger partial charge is 0.407 e. The van der Waals surface area contributed by atoms with Crippen LogP contribution >= 0.6 is 11.6 Å². The molecule has 0 atom stereocenters. The summed E-state index contributed by atoms with van der Waals surface area (Å²) in [6, 6.07) is 3.57. The number of aromatic nitrogens is 2. The second kappa shape index (κ2) is 5.21. The lowest BCUT2D eigenvalue weighted by Gasteiger charge is -2.40. The first-order chi connectivity index (χ1) is 8.83. The van der Waals surface area contributed by atoms with Crippen LogP contribution in [0, 0.1) is 0 Å². The van der Waals surface area contributed by atoms with Gasteiger partial charge in [0.2, 0.25) is 0 Å². The molecule has 0 radical (unpaired) electrons. The van der Waals surface area contributed by atoms with E-state index in [0.717, 1.165) is 5.82 Å². The molecule has 1 fully saturated rings. The van der Waals surface area contributed by atoms with Gasteiger partial charge in [0.1, 0.15) is 5.60 Å². The predicted molar refractivity (Wildman–Crippen MR) is 72.4 cm³/mol. The highest BCUT2D eigenvalue weighted by atomic mass is 35.5.